The fraction of sp³-hybridized carbons (Fsp3) is 0.562. The molecule has 0 saturated heterocycles. The van der Waals surface area contributed by atoms with Crippen LogP contribution in [-0.2, 0) is 24.4 Å². The highest BCUT2D eigenvalue weighted by Gasteiger charge is 2.47. The van der Waals surface area contributed by atoms with E-state index < -0.39 is 5.67 Å². The Kier molecular flexibility index (Phi) is 4.06. The minimum absolute atomic E-state index is 0.237. The largest absolute Gasteiger partial charge is 0.482 e. The van der Waals surface area contributed by atoms with Crippen molar-refractivity contribution in [2.45, 2.75) is 44.5 Å². The topological polar surface area (TPSA) is 86.0 Å². The number of fused-ring (bicyclic) bond motifs is 1. The first-order chi connectivity index (χ1) is 12.2. The van der Waals surface area contributed by atoms with Crippen LogP contribution >= 0.6 is 0 Å². The van der Waals surface area contributed by atoms with Gasteiger partial charge in [0.1, 0.15) is 18.8 Å². The zero-order chi connectivity index (χ0) is 17.3. The summed E-state index contributed by atoms with van der Waals surface area (Å²) in [6.07, 6.45) is 6.61. The van der Waals surface area contributed by atoms with Crippen molar-refractivity contribution in [3.8, 4) is 5.75 Å². The van der Waals surface area contributed by atoms with E-state index in [0.29, 0.717) is 50.5 Å². The van der Waals surface area contributed by atoms with Crippen molar-refractivity contribution in [3.05, 3.63) is 30.4 Å². The molecule has 1 aliphatic heterocycles. The minimum Gasteiger partial charge on any atom is -0.482 e. The molecule has 0 aromatic carbocycles. The van der Waals surface area contributed by atoms with Gasteiger partial charge in [0, 0.05) is 26.1 Å². The van der Waals surface area contributed by atoms with E-state index in [-0.39, 0.29) is 12.5 Å². The lowest BCUT2D eigenvalue weighted by Crippen LogP contribution is -2.51. The Balaban J connectivity index is 1.42. The maximum atomic E-state index is 14.4. The molecule has 0 atom stereocenters. The molecule has 2 aromatic heterocycles. The number of alkyl halides is 1. The van der Waals surface area contributed by atoms with Crippen LogP contribution in [0.1, 0.15) is 30.9 Å². The number of ether oxygens (including phenoxy) is 1. The summed E-state index contributed by atoms with van der Waals surface area (Å²) in [5.41, 5.74) is -1.65. The van der Waals surface area contributed by atoms with E-state index in [1.807, 2.05) is 4.57 Å². The molecule has 9 heteroatoms. The Bertz CT molecular complexity index is 761. The number of amides is 1. The average Bonchev–Trinajstić information content (AvgIpc) is 2.87. The quantitative estimate of drug-likeness (QED) is 0.818. The normalized spacial score (nSPS) is 18.8. The molecule has 0 N–H and O–H groups in total. The van der Waals surface area contributed by atoms with E-state index in [0.717, 1.165) is 12.2 Å². The molecule has 25 heavy (non-hydrogen) atoms. The monoisotopic (exact) mass is 346 g/mol. The molecule has 1 fully saturated rings. The zero-order valence-electron chi connectivity index (χ0n) is 13.8. The average molecular weight is 346 g/mol. The lowest BCUT2D eigenvalue weighted by atomic mass is 9.81. The predicted octanol–water partition coefficient (Wildman–Crippen LogP) is 0.924. The molecule has 1 amide bonds. The highest BCUT2D eigenvalue weighted by atomic mass is 19.1. The highest BCUT2D eigenvalue weighted by molar-refractivity contribution is 5.86. The van der Waals surface area contributed by atoms with Crippen LogP contribution in [0.25, 0.3) is 0 Å². The molecule has 2 aromatic rings. The van der Waals surface area contributed by atoms with Crippen LogP contribution in [-0.4, -0.2) is 54.3 Å². The summed E-state index contributed by atoms with van der Waals surface area (Å²) < 4.78 is 22.0. The lowest BCUT2D eigenvalue weighted by molar-refractivity contribution is -0.149. The van der Waals surface area contributed by atoms with E-state index in [1.54, 1.807) is 17.3 Å². The molecule has 0 spiro atoms. The Hall–Kier alpha value is -2.58. The zero-order valence-corrected chi connectivity index (χ0v) is 13.8. The van der Waals surface area contributed by atoms with Crippen molar-refractivity contribution in [1.82, 2.24) is 29.6 Å². The molecule has 8 nitrogen and oxygen atoms in total. The van der Waals surface area contributed by atoms with Gasteiger partial charge in [-0.3, -0.25) is 4.79 Å². The van der Waals surface area contributed by atoms with Crippen molar-refractivity contribution in [2.75, 3.05) is 13.1 Å². The van der Waals surface area contributed by atoms with E-state index in [1.165, 1.54) is 6.33 Å². The molecular formula is C16H19FN6O2. The third-order valence-electron chi connectivity index (χ3n) is 4.82. The summed E-state index contributed by atoms with van der Waals surface area (Å²) in [5.74, 6) is 1.64. The molecule has 0 unspecified atom stereocenters. The van der Waals surface area contributed by atoms with E-state index >= 15 is 0 Å². The maximum Gasteiger partial charge on any atom is 0.260 e. The van der Waals surface area contributed by atoms with Crippen LogP contribution in [0, 0.1) is 0 Å². The summed E-state index contributed by atoms with van der Waals surface area (Å²) in [5, 5.41) is 8.36. The highest BCUT2D eigenvalue weighted by Crippen LogP contribution is 2.37. The first-order valence-electron chi connectivity index (χ1n) is 8.43. The number of hydrogen-bond acceptors (Lipinski definition) is 6. The van der Waals surface area contributed by atoms with Gasteiger partial charge in [-0.2, -0.15) is 0 Å². The number of hydrogen-bond donors (Lipinski definition) is 0. The molecule has 1 saturated carbocycles. The number of aromatic nitrogens is 5. The van der Waals surface area contributed by atoms with Crippen LogP contribution in [0.15, 0.2) is 18.7 Å². The van der Waals surface area contributed by atoms with E-state index in [2.05, 4.69) is 20.2 Å². The third-order valence-corrected chi connectivity index (χ3v) is 4.82. The molecule has 132 valence electrons. The Morgan fingerprint density at radius 3 is 2.72 bits per heavy atom. The van der Waals surface area contributed by atoms with E-state index in [4.69, 9.17) is 4.74 Å². The van der Waals surface area contributed by atoms with Crippen LogP contribution in [0.5, 0.6) is 5.75 Å². The summed E-state index contributed by atoms with van der Waals surface area (Å²) in [4.78, 5) is 21.8. The van der Waals surface area contributed by atoms with Gasteiger partial charge in [0.2, 0.25) is 0 Å². The van der Waals surface area contributed by atoms with Crippen LogP contribution < -0.4 is 4.74 Å². The van der Waals surface area contributed by atoms with Crippen molar-refractivity contribution >= 4 is 5.91 Å². The smallest absolute Gasteiger partial charge is 0.260 e. The van der Waals surface area contributed by atoms with Gasteiger partial charge in [-0.15, -0.1) is 10.2 Å². The Morgan fingerprint density at radius 1 is 1.20 bits per heavy atom. The molecule has 3 heterocycles. The van der Waals surface area contributed by atoms with Gasteiger partial charge < -0.3 is 14.2 Å². The van der Waals surface area contributed by atoms with Gasteiger partial charge in [-0.05, 0) is 19.3 Å². The van der Waals surface area contributed by atoms with Crippen molar-refractivity contribution in [1.29, 1.82) is 0 Å². The predicted molar refractivity (Wildman–Crippen MR) is 84.4 cm³/mol. The van der Waals surface area contributed by atoms with E-state index in [9.17, 15) is 9.18 Å². The molecule has 0 radical (unpaired) electrons. The molecule has 0 bridgehead atoms. The van der Waals surface area contributed by atoms with Gasteiger partial charge in [-0.1, -0.05) is 0 Å². The Morgan fingerprint density at radius 2 is 2.00 bits per heavy atom. The standard InChI is InChI=1S/C16H19FN6O2/c17-16(3-1-4-16)15(24)22-5-2-13-20-21-14(23(13)7-6-22)10-25-12-8-18-11-19-9-12/h8-9,11H,1-7,10H2. The first kappa shape index (κ1) is 15.9. The third kappa shape index (κ3) is 3.06. The maximum absolute atomic E-state index is 14.4. The molecule has 4 rings (SSSR count). The summed E-state index contributed by atoms with van der Waals surface area (Å²) in [6, 6.07) is 0. The van der Waals surface area contributed by atoms with Gasteiger partial charge in [-0.25, -0.2) is 14.4 Å². The van der Waals surface area contributed by atoms with Crippen molar-refractivity contribution in [2.24, 2.45) is 0 Å². The number of halogens is 1. The van der Waals surface area contributed by atoms with Gasteiger partial charge >= 0.3 is 0 Å². The number of carbonyl (C=O) groups is 1. The number of rotatable bonds is 4. The van der Waals surface area contributed by atoms with Crippen molar-refractivity contribution in [3.63, 3.8) is 0 Å². The number of carbonyl (C=O) groups excluding carboxylic acids is 1. The second kappa shape index (κ2) is 6.38. The Labute approximate surface area is 144 Å². The summed E-state index contributed by atoms with van der Waals surface area (Å²) in [7, 11) is 0. The van der Waals surface area contributed by atoms with Crippen LogP contribution in [0.2, 0.25) is 0 Å². The fourth-order valence-electron chi connectivity index (χ4n) is 3.19. The van der Waals surface area contributed by atoms with Gasteiger partial charge in [0.05, 0.1) is 12.4 Å². The van der Waals surface area contributed by atoms with Crippen LogP contribution in [0.3, 0.4) is 0 Å². The molecular weight excluding hydrogens is 327 g/mol. The summed E-state index contributed by atoms with van der Waals surface area (Å²) >= 11 is 0. The van der Waals surface area contributed by atoms with Gasteiger partial charge in [0.25, 0.3) is 5.91 Å². The summed E-state index contributed by atoms with van der Waals surface area (Å²) in [6.45, 7) is 1.70. The first-order valence-corrected chi connectivity index (χ1v) is 8.43. The second-order valence-corrected chi connectivity index (χ2v) is 6.41. The fourth-order valence-corrected chi connectivity index (χ4v) is 3.19. The lowest BCUT2D eigenvalue weighted by Gasteiger charge is -2.36. The molecule has 1 aliphatic carbocycles. The van der Waals surface area contributed by atoms with Crippen LogP contribution in [0.4, 0.5) is 4.39 Å². The van der Waals surface area contributed by atoms with Crippen molar-refractivity contribution < 1.29 is 13.9 Å². The SMILES string of the molecule is O=C(N1CCc2nnc(COc3cncnc3)n2CC1)C1(F)CCC1. The second-order valence-electron chi connectivity index (χ2n) is 6.41. The number of nitrogens with zero attached hydrogens (tertiary/aromatic N) is 6. The van der Waals surface area contributed by atoms with Gasteiger partial charge in [0.15, 0.2) is 17.2 Å². The minimum atomic E-state index is -1.65. The molecule has 2 aliphatic rings.